The molecular formula is C16H24N2O. The predicted molar refractivity (Wildman–Crippen MR) is 77.8 cm³/mol. The molecule has 0 heterocycles. The van der Waals surface area contributed by atoms with E-state index >= 15 is 0 Å². The third-order valence-electron chi connectivity index (χ3n) is 4.26. The van der Waals surface area contributed by atoms with Crippen LogP contribution >= 0.6 is 0 Å². The standard InChI is InChI=1S/C16H24N2O/c1-12-4-2-3-5-15(12)11-18-10-13-6-8-14(9-7-13)16(17)19/h6-9,12,15,18H,2-5,10-11H2,1H3,(H2,17,19). The Morgan fingerprint density at radius 1 is 1.26 bits per heavy atom. The van der Waals surface area contributed by atoms with Gasteiger partial charge in [-0.05, 0) is 42.5 Å². The molecule has 1 aliphatic rings. The van der Waals surface area contributed by atoms with Crippen LogP contribution in [0.5, 0.6) is 0 Å². The fourth-order valence-electron chi connectivity index (χ4n) is 2.89. The molecule has 1 aliphatic carbocycles. The Balaban J connectivity index is 1.77. The molecule has 3 heteroatoms. The summed E-state index contributed by atoms with van der Waals surface area (Å²) in [7, 11) is 0. The first kappa shape index (κ1) is 14.1. The lowest BCUT2D eigenvalue weighted by Crippen LogP contribution is -2.29. The van der Waals surface area contributed by atoms with Gasteiger partial charge >= 0.3 is 0 Å². The fourth-order valence-corrected chi connectivity index (χ4v) is 2.89. The van der Waals surface area contributed by atoms with E-state index in [2.05, 4.69) is 12.2 Å². The van der Waals surface area contributed by atoms with E-state index in [4.69, 9.17) is 5.73 Å². The quantitative estimate of drug-likeness (QED) is 0.855. The molecule has 0 radical (unpaired) electrons. The Bertz CT molecular complexity index is 413. The first-order valence-corrected chi connectivity index (χ1v) is 7.26. The van der Waals surface area contributed by atoms with Gasteiger partial charge in [0, 0.05) is 12.1 Å². The summed E-state index contributed by atoms with van der Waals surface area (Å²) in [6, 6.07) is 7.53. The molecule has 3 N–H and O–H groups in total. The van der Waals surface area contributed by atoms with Crippen LogP contribution in [0, 0.1) is 11.8 Å². The highest BCUT2D eigenvalue weighted by molar-refractivity contribution is 5.92. The van der Waals surface area contributed by atoms with Gasteiger partial charge in [0.1, 0.15) is 0 Å². The van der Waals surface area contributed by atoms with E-state index in [-0.39, 0.29) is 5.91 Å². The molecular weight excluding hydrogens is 236 g/mol. The lowest BCUT2D eigenvalue weighted by Gasteiger charge is -2.28. The maximum Gasteiger partial charge on any atom is 0.248 e. The average molecular weight is 260 g/mol. The first-order chi connectivity index (χ1) is 9.16. The highest BCUT2D eigenvalue weighted by Crippen LogP contribution is 2.28. The molecule has 1 aromatic carbocycles. The van der Waals surface area contributed by atoms with Gasteiger partial charge in [-0.25, -0.2) is 0 Å². The van der Waals surface area contributed by atoms with Crippen molar-refractivity contribution in [2.75, 3.05) is 6.54 Å². The van der Waals surface area contributed by atoms with E-state index in [1.807, 2.05) is 12.1 Å². The van der Waals surface area contributed by atoms with Crippen molar-refractivity contribution in [2.45, 2.75) is 39.2 Å². The molecule has 0 saturated heterocycles. The topological polar surface area (TPSA) is 55.1 Å². The van der Waals surface area contributed by atoms with Crippen LogP contribution in [-0.2, 0) is 6.54 Å². The second-order valence-corrected chi connectivity index (χ2v) is 5.71. The van der Waals surface area contributed by atoms with Crippen LogP contribution in [0.4, 0.5) is 0 Å². The zero-order valence-electron chi connectivity index (χ0n) is 11.7. The third kappa shape index (κ3) is 4.06. The van der Waals surface area contributed by atoms with Gasteiger partial charge in [-0.1, -0.05) is 38.3 Å². The lowest BCUT2D eigenvalue weighted by atomic mass is 9.80. The summed E-state index contributed by atoms with van der Waals surface area (Å²) in [5, 5.41) is 3.53. The van der Waals surface area contributed by atoms with Gasteiger partial charge in [0.25, 0.3) is 0 Å². The number of nitrogens with two attached hydrogens (primary N) is 1. The summed E-state index contributed by atoms with van der Waals surface area (Å²) in [6.45, 7) is 4.33. The van der Waals surface area contributed by atoms with E-state index in [1.54, 1.807) is 12.1 Å². The number of nitrogens with one attached hydrogen (secondary N) is 1. The van der Waals surface area contributed by atoms with Crippen molar-refractivity contribution < 1.29 is 4.79 Å². The molecule has 0 aromatic heterocycles. The van der Waals surface area contributed by atoms with Crippen LogP contribution < -0.4 is 11.1 Å². The van der Waals surface area contributed by atoms with E-state index in [0.717, 1.165) is 24.9 Å². The number of hydrogen-bond donors (Lipinski definition) is 2. The third-order valence-corrected chi connectivity index (χ3v) is 4.26. The summed E-state index contributed by atoms with van der Waals surface area (Å²) < 4.78 is 0. The van der Waals surface area contributed by atoms with Gasteiger partial charge in [0.2, 0.25) is 5.91 Å². The minimum absolute atomic E-state index is 0.365. The molecule has 2 rings (SSSR count). The van der Waals surface area contributed by atoms with Gasteiger partial charge < -0.3 is 11.1 Å². The number of benzene rings is 1. The summed E-state index contributed by atoms with van der Waals surface area (Å²) in [4.78, 5) is 11.0. The zero-order valence-corrected chi connectivity index (χ0v) is 11.7. The van der Waals surface area contributed by atoms with Gasteiger partial charge in [0.15, 0.2) is 0 Å². The predicted octanol–water partition coefficient (Wildman–Crippen LogP) is 2.70. The monoisotopic (exact) mass is 260 g/mol. The molecule has 1 saturated carbocycles. The van der Waals surface area contributed by atoms with Crippen molar-refractivity contribution in [3.8, 4) is 0 Å². The molecule has 2 atom stereocenters. The summed E-state index contributed by atoms with van der Waals surface area (Å²) in [5.41, 5.74) is 7.00. The molecule has 104 valence electrons. The smallest absolute Gasteiger partial charge is 0.248 e. The summed E-state index contributed by atoms with van der Waals surface area (Å²) in [6.07, 6.45) is 5.50. The summed E-state index contributed by atoms with van der Waals surface area (Å²) in [5.74, 6) is 1.30. The average Bonchev–Trinajstić information content (AvgIpc) is 2.41. The Morgan fingerprint density at radius 2 is 1.95 bits per heavy atom. The number of carbonyl (C=O) groups excluding carboxylic acids is 1. The van der Waals surface area contributed by atoms with Crippen molar-refractivity contribution in [1.29, 1.82) is 0 Å². The highest BCUT2D eigenvalue weighted by atomic mass is 16.1. The van der Waals surface area contributed by atoms with Gasteiger partial charge in [-0.15, -0.1) is 0 Å². The molecule has 0 aliphatic heterocycles. The molecule has 1 aromatic rings. The Hall–Kier alpha value is -1.35. The molecule has 19 heavy (non-hydrogen) atoms. The maximum absolute atomic E-state index is 11.0. The van der Waals surface area contributed by atoms with Gasteiger partial charge in [-0.3, -0.25) is 4.79 Å². The molecule has 1 amide bonds. The van der Waals surface area contributed by atoms with Crippen LogP contribution in [0.3, 0.4) is 0 Å². The van der Waals surface area contributed by atoms with Crippen molar-refractivity contribution in [3.05, 3.63) is 35.4 Å². The molecule has 0 bridgehead atoms. The van der Waals surface area contributed by atoms with Crippen molar-refractivity contribution in [2.24, 2.45) is 17.6 Å². The lowest BCUT2D eigenvalue weighted by molar-refractivity contribution is 0.100. The van der Waals surface area contributed by atoms with Crippen LogP contribution in [-0.4, -0.2) is 12.5 Å². The van der Waals surface area contributed by atoms with Crippen molar-refractivity contribution >= 4 is 5.91 Å². The van der Waals surface area contributed by atoms with Crippen LogP contribution in [0.25, 0.3) is 0 Å². The Labute approximate surface area is 115 Å². The van der Waals surface area contributed by atoms with Crippen LogP contribution in [0.15, 0.2) is 24.3 Å². The van der Waals surface area contributed by atoms with Gasteiger partial charge in [0.05, 0.1) is 0 Å². The second-order valence-electron chi connectivity index (χ2n) is 5.71. The zero-order chi connectivity index (χ0) is 13.7. The number of amides is 1. The van der Waals surface area contributed by atoms with Crippen molar-refractivity contribution in [1.82, 2.24) is 5.32 Å². The van der Waals surface area contributed by atoms with E-state index < -0.39 is 0 Å². The molecule has 2 unspecified atom stereocenters. The number of rotatable bonds is 5. The molecule has 1 fully saturated rings. The molecule has 3 nitrogen and oxygen atoms in total. The van der Waals surface area contributed by atoms with Crippen LogP contribution in [0.2, 0.25) is 0 Å². The summed E-state index contributed by atoms with van der Waals surface area (Å²) >= 11 is 0. The minimum Gasteiger partial charge on any atom is -0.366 e. The van der Waals surface area contributed by atoms with Gasteiger partial charge in [-0.2, -0.15) is 0 Å². The highest BCUT2D eigenvalue weighted by Gasteiger charge is 2.20. The minimum atomic E-state index is -0.365. The number of hydrogen-bond acceptors (Lipinski definition) is 2. The number of carbonyl (C=O) groups is 1. The van der Waals surface area contributed by atoms with E-state index in [9.17, 15) is 4.79 Å². The largest absolute Gasteiger partial charge is 0.366 e. The van der Waals surface area contributed by atoms with Crippen molar-refractivity contribution in [3.63, 3.8) is 0 Å². The second kappa shape index (κ2) is 6.71. The number of primary amides is 1. The first-order valence-electron chi connectivity index (χ1n) is 7.26. The van der Waals surface area contributed by atoms with Crippen LogP contribution in [0.1, 0.15) is 48.5 Å². The normalized spacial score (nSPS) is 23.2. The van der Waals surface area contributed by atoms with E-state index in [0.29, 0.717) is 5.56 Å². The Kier molecular flexibility index (Phi) is 4.97. The maximum atomic E-state index is 11.0. The van der Waals surface area contributed by atoms with E-state index in [1.165, 1.54) is 31.2 Å². The Morgan fingerprint density at radius 3 is 2.58 bits per heavy atom. The SMILES string of the molecule is CC1CCCCC1CNCc1ccc(C(N)=O)cc1. The molecule has 0 spiro atoms. The fraction of sp³-hybridized carbons (Fsp3) is 0.562.